The first-order valence-electron chi connectivity index (χ1n) is 11.8. The molecule has 0 aromatic heterocycles. The van der Waals surface area contributed by atoms with E-state index in [1.165, 1.54) is 6.07 Å². The van der Waals surface area contributed by atoms with E-state index in [0.717, 1.165) is 34.4 Å². The fourth-order valence-electron chi connectivity index (χ4n) is 5.96. The lowest BCUT2D eigenvalue weighted by atomic mass is 9.77. The normalized spacial score (nSPS) is 25.2. The maximum absolute atomic E-state index is 13.9. The topological polar surface area (TPSA) is 59.0 Å². The van der Waals surface area contributed by atoms with E-state index < -0.39 is 35.4 Å². The van der Waals surface area contributed by atoms with E-state index in [1.807, 2.05) is 24.3 Å². The molecule has 2 heterocycles. The highest BCUT2D eigenvalue weighted by atomic mass is 19.2. The molecular weight excluding hydrogens is 452 g/mol. The predicted octanol–water partition coefficient (Wildman–Crippen LogP) is 4.96. The van der Waals surface area contributed by atoms with Crippen LogP contribution < -0.4 is 0 Å². The first kappa shape index (κ1) is 22.2. The molecule has 2 bridgehead atoms. The zero-order valence-corrected chi connectivity index (χ0v) is 19.0. The van der Waals surface area contributed by atoms with Gasteiger partial charge in [0, 0.05) is 18.8 Å². The number of morpholine rings is 1. The Balaban J connectivity index is 1.21. The van der Waals surface area contributed by atoms with Gasteiger partial charge in [0.1, 0.15) is 6.61 Å². The first-order valence-corrected chi connectivity index (χ1v) is 11.8. The molecule has 6 rings (SSSR count). The number of hydrogen-bond donors (Lipinski definition) is 1. The van der Waals surface area contributed by atoms with E-state index in [2.05, 4.69) is 24.3 Å². The fraction of sp³-hybridized carbons (Fsp3) is 0.321. The van der Waals surface area contributed by atoms with Crippen molar-refractivity contribution in [1.82, 2.24) is 4.90 Å². The Hall–Kier alpha value is -3.29. The Bertz CT molecular complexity index is 1240. The van der Waals surface area contributed by atoms with Gasteiger partial charge in [0.15, 0.2) is 11.6 Å². The monoisotopic (exact) mass is 477 g/mol. The lowest BCUT2D eigenvalue weighted by Gasteiger charge is -2.51. The highest BCUT2D eigenvalue weighted by Gasteiger charge is 2.49. The maximum atomic E-state index is 13.9. The molecule has 2 saturated heterocycles. The number of nitrogens with zero attached hydrogens (tertiary/aromatic N) is 1. The molecule has 0 saturated carbocycles. The van der Waals surface area contributed by atoms with Gasteiger partial charge < -0.3 is 14.6 Å². The summed E-state index contributed by atoms with van der Waals surface area (Å²) < 4.78 is 38.8. The molecule has 1 amide bonds. The van der Waals surface area contributed by atoms with E-state index in [1.54, 1.807) is 4.90 Å². The molecule has 5 nitrogen and oxygen atoms in total. The summed E-state index contributed by atoms with van der Waals surface area (Å²) in [5.74, 6) is -2.01. The average Bonchev–Trinajstić information content (AvgIpc) is 3.17. The molecule has 2 aliphatic heterocycles. The molecule has 2 unspecified atom stereocenters. The standard InChI is InChI=1S/C28H25F2NO4/c29-25-10-9-17(11-26(25)30)28(33)12-18-14-34-15-19(13-28)31(18)27(32)35-16-24-22-7-3-1-5-20(22)21-6-2-4-8-23(21)24/h1-11,18-19,24,33H,12-16H2. The van der Waals surface area contributed by atoms with Gasteiger partial charge >= 0.3 is 6.09 Å². The molecule has 3 aromatic carbocycles. The number of fused-ring (bicyclic) bond motifs is 5. The second kappa shape index (κ2) is 8.43. The van der Waals surface area contributed by atoms with E-state index in [0.29, 0.717) is 5.56 Å². The van der Waals surface area contributed by atoms with Crippen molar-refractivity contribution in [2.24, 2.45) is 0 Å². The van der Waals surface area contributed by atoms with Crippen LogP contribution in [-0.4, -0.2) is 48.0 Å². The maximum Gasteiger partial charge on any atom is 0.410 e. The molecule has 35 heavy (non-hydrogen) atoms. The molecule has 3 aliphatic rings. The lowest BCUT2D eigenvalue weighted by molar-refractivity contribution is -0.136. The molecule has 180 valence electrons. The molecule has 0 spiro atoms. The number of amides is 1. The Labute approximate surface area is 201 Å². The summed E-state index contributed by atoms with van der Waals surface area (Å²) in [6.07, 6.45) is -0.144. The largest absolute Gasteiger partial charge is 0.448 e. The number of aliphatic hydroxyl groups is 1. The summed E-state index contributed by atoms with van der Waals surface area (Å²) >= 11 is 0. The zero-order valence-electron chi connectivity index (χ0n) is 19.0. The summed E-state index contributed by atoms with van der Waals surface area (Å²) in [6.45, 7) is 0.691. The van der Waals surface area contributed by atoms with E-state index in [-0.39, 0.29) is 38.6 Å². The quantitative estimate of drug-likeness (QED) is 0.579. The number of ether oxygens (including phenoxy) is 2. The van der Waals surface area contributed by atoms with Gasteiger partial charge in [-0.15, -0.1) is 0 Å². The third-order valence-electron chi connectivity index (χ3n) is 7.56. The molecule has 2 atom stereocenters. The number of benzene rings is 3. The van der Waals surface area contributed by atoms with Crippen LogP contribution in [0, 0.1) is 11.6 Å². The third-order valence-corrected chi connectivity index (χ3v) is 7.56. The van der Waals surface area contributed by atoms with E-state index in [9.17, 15) is 18.7 Å². The smallest absolute Gasteiger partial charge is 0.410 e. The Morgan fingerprint density at radius 3 is 2.14 bits per heavy atom. The summed E-state index contributed by atoms with van der Waals surface area (Å²) in [5.41, 5.74) is 3.51. The van der Waals surface area contributed by atoms with Gasteiger partial charge in [-0.05, 0) is 39.9 Å². The van der Waals surface area contributed by atoms with Crippen LogP contribution in [0.3, 0.4) is 0 Å². The van der Waals surface area contributed by atoms with Crippen molar-refractivity contribution in [3.8, 4) is 11.1 Å². The van der Waals surface area contributed by atoms with Gasteiger partial charge in [-0.1, -0.05) is 54.6 Å². The lowest BCUT2D eigenvalue weighted by Crippen LogP contribution is -2.62. The molecule has 3 aromatic rings. The van der Waals surface area contributed by atoms with Gasteiger partial charge in [0.2, 0.25) is 0 Å². The minimum Gasteiger partial charge on any atom is -0.448 e. The minimum atomic E-state index is -1.38. The van der Waals surface area contributed by atoms with Crippen molar-refractivity contribution in [3.05, 3.63) is 95.1 Å². The third kappa shape index (κ3) is 3.70. The van der Waals surface area contributed by atoms with Gasteiger partial charge in [0.05, 0.1) is 30.9 Å². The van der Waals surface area contributed by atoms with Gasteiger partial charge in [-0.3, -0.25) is 4.90 Å². The second-order valence-corrected chi connectivity index (χ2v) is 9.63. The SMILES string of the molecule is O=C(OCC1c2ccccc2-c2ccccc21)N1C2COCC1CC(O)(c1ccc(F)c(F)c1)C2. The van der Waals surface area contributed by atoms with Crippen molar-refractivity contribution in [3.63, 3.8) is 0 Å². The summed E-state index contributed by atoms with van der Waals surface area (Å²) in [5, 5.41) is 11.4. The van der Waals surface area contributed by atoms with Crippen molar-refractivity contribution in [2.75, 3.05) is 19.8 Å². The number of hydrogen-bond acceptors (Lipinski definition) is 4. The van der Waals surface area contributed by atoms with Crippen LogP contribution in [0.25, 0.3) is 11.1 Å². The van der Waals surface area contributed by atoms with Gasteiger partial charge in [0.25, 0.3) is 0 Å². The molecule has 1 aliphatic carbocycles. The number of carbonyl (C=O) groups excluding carboxylic acids is 1. The number of rotatable bonds is 3. The van der Waals surface area contributed by atoms with Crippen LogP contribution in [0.5, 0.6) is 0 Å². The van der Waals surface area contributed by atoms with Crippen molar-refractivity contribution < 1.29 is 28.2 Å². The van der Waals surface area contributed by atoms with Gasteiger partial charge in [-0.2, -0.15) is 0 Å². The Kier molecular flexibility index (Phi) is 5.34. The van der Waals surface area contributed by atoms with E-state index in [4.69, 9.17) is 9.47 Å². The fourth-order valence-corrected chi connectivity index (χ4v) is 5.96. The molecular formula is C28H25F2NO4. The highest BCUT2D eigenvalue weighted by Crippen LogP contribution is 2.45. The summed E-state index contributed by atoms with van der Waals surface area (Å²) in [7, 11) is 0. The van der Waals surface area contributed by atoms with Crippen molar-refractivity contribution in [1.29, 1.82) is 0 Å². The van der Waals surface area contributed by atoms with Crippen LogP contribution >= 0.6 is 0 Å². The zero-order chi connectivity index (χ0) is 24.2. The van der Waals surface area contributed by atoms with E-state index >= 15 is 0 Å². The molecule has 7 heteroatoms. The average molecular weight is 478 g/mol. The van der Waals surface area contributed by atoms with Crippen molar-refractivity contribution in [2.45, 2.75) is 36.4 Å². The molecule has 2 fully saturated rings. The second-order valence-electron chi connectivity index (χ2n) is 9.63. The van der Waals surface area contributed by atoms with Crippen LogP contribution in [0.1, 0.15) is 35.4 Å². The molecule has 1 N–H and O–H groups in total. The van der Waals surface area contributed by atoms with Crippen molar-refractivity contribution >= 4 is 6.09 Å². The highest BCUT2D eigenvalue weighted by molar-refractivity contribution is 5.79. The van der Waals surface area contributed by atoms with Crippen LogP contribution in [0.4, 0.5) is 13.6 Å². The predicted molar refractivity (Wildman–Crippen MR) is 125 cm³/mol. The van der Waals surface area contributed by atoms with Crippen LogP contribution in [0.2, 0.25) is 0 Å². The Morgan fingerprint density at radius 2 is 1.54 bits per heavy atom. The number of carbonyl (C=O) groups is 1. The summed E-state index contributed by atoms with van der Waals surface area (Å²) in [6, 6.07) is 18.9. The van der Waals surface area contributed by atoms with Crippen LogP contribution in [-0.2, 0) is 15.1 Å². The van der Waals surface area contributed by atoms with Crippen LogP contribution in [0.15, 0.2) is 66.7 Å². The Morgan fingerprint density at radius 1 is 0.943 bits per heavy atom. The minimum absolute atomic E-state index is 0.0497. The number of halogens is 2. The summed E-state index contributed by atoms with van der Waals surface area (Å²) in [4.78, 5) is 15.0. The first-order chi connectivity index (χ1) is 16.9. The van der Waals surface area contributed by atoms with Gasteiger partial charge in [-0.25, -0.2) is 13.6 Å². The number of piperidine rings is 1. The molecule has 0 radical (unpaired) electrons.